The van der Waals surface area contributed by atoms with Gasteiger partial charge in [0.05, 0.1) is 13.7 Å². The van der Waals surface area contributed by atoms with Gasteiger partial charge >= 0.3 is 0 Å². The van der Waals surface area contributed by atoms with Gasteiger partial charge in [-0.15, -0.1) is 6.58 Å². The molecule has 0 aliphatic rings. The van der Waals surface area contributed by atoms with E-state index in [-0.39, 0.29) is 0 Å². The van der Waals surface area contributed by atoms with Crippen LogP contribution in [0.25, 0.3) is 11.1 Å². The number of aromatic nitrogens is 1. The molecule has 0 saturated carbocycles. The highest BCUT2D eigenvalue weighted by molar-refractivity contribution is 5.69. The number of allylic oxidation sites excluding steroid dienone is 1. The molecular formula is C17H19NO2. The minimum absolute atomic E-state index is 0.600. The molecule has 0 aliphatic carbocycles. The molecule has 3 heteroatoms. The lowest BCUT2D eigenvalue weighted by Crippen LogP contribution is -2.00. The van der Waals surface area contributed by atoms with Crippen LogP contribution in [0.1, 0.15) is 12.5 Å². The topological polar surface area (TPSA) is 31.4 Å². The second-order valence-electron chi connectivity index (χ2n) is 4.30. The molecule has 2 aromatic rings. The summed E-state index contributed by atoms with van der Waals surface area (Å²) >= 11 is 0. The monoisotopic (exact) mass is 269 g/mol. The first kappa shape index (κ1) is 14.1. The minimum atomic E-state index is 0.600. The maximum Gasteiger partial charge on any atom is 0.217 e. The van der Waals surface area contributed by atoms with Crippen molar-refractivity contribution in [3.8, 4) is 22.8 Å². The number of rotatable bonds is 6. The average molecular weight is 269 g/mol. The van der Waals surface area contributed by atoms with E-state index in [1.165, 1.54) is 0 Å². The molecule has 0 unspecified atom stereocenters. The van der Waals surface area contributed by atoms with Crippen LogP contribution in [0, 0.1) is 0 Å². The number of ether oxygens (including phenoxy) is 2. The molecule has 0 atom stereocenters. The van der Waals surface area contributed by atoms with Crippen molar-refractivity contribution in [3.05, 3.63) is 54.7 Å². The number of nitrogens with zero attached hydrogens (tertiary/aromatic N) is 1. The first-order valence-electron chi connectivity index (χ1n) is 6.66. The van der Waals surface area contributed by atoms with Crippen LogP contribution in [-0.4, -0.2) is 18.7 Å². The van der Waals surface area contributed by atoms with Gasteiger partial charge in [0.1, 0.15) is 5.75 Å². The summed E-state index contributed by atoms with van der Waals surface area (Å²) in [5.74, 6) is 1.53. The number of hydrogen-bond donors (Lipinski definition) is 0. The van der Waals surface area contributed by atoms with Crippen LogP contribution in [-0.2, 0) is 6.42 Å². The maximum absolute atomic E-state index is 5.61. The lowest BCUT2D eigenvalue weighted by Gasteiger charge is -2.13. The van der Waals surface area contributed by atoms with E-state index in [4.69, 9.17) is 9.47 Å². The Bertz CT molecular complexity index is 576. The van der Waals surface area contributed by atoms with Crippen LogP contribution in [0.4, 0.5) is 0 Å². The third kappa shape index (κ3) is 2.99. The fourth-order valence-electron chi connectivity index (χ4n) is 2.12. The Morgan fingerprint density at radius 1 is 1.20 bits per heavy atom. The number of benzene rings is 1. The van der Waals surface area contributed by atoms with Crippen molar-refractivity contribution in [2.75, 3.05) is 13.7 Å². The Morgan fingerprint density at radius 2 is 1.95 bits per heavy atom. The summed E-state index contributed by atoms with van der Waals surface area (Å²) in [6.07, 6.45) is 4.37. The molecule has 1 heterocycles. The second kappa shape index (κ2) is 6.75. The van der Waals surface area contributed by atoms with E-state index in [0.29, 0.717) is 12.5 Å². The first-order valence-corrected chi connectivity index (χ1v) is 6.66. The summed E-state index contributed by atoms with van der Waals surface area (Å²) in [6, 6.07) is 9.98. The van der Waals surface area contributed by atoms with Gasteiger partial charge in [0.25, 0.3) is 0 Å². The molecule has 2 rings (SSSR count). The highest BCUT2D eigenvalue weighted by Gasteiger charge is 2.11. The SMILES string of the molecule is C=CCc1c(-c2ccc(OC)cc2)ccnc1OCC. The third-order valence-electron chi connectivity index (χ3n) is 3.05. The van der Waals surface area contributed by atoms with E-state index < -0.39 is 0 Å². The van der Waals surface area contributed by atoms with Crippen molar-refractivity contribution < 1.29 is 9.47 Å². The van der Waals surface area contributed by atoms with Crippen LogP contribution in [0.2, 0.25) is 0 Å². The molecular weight excluding hydrogens is 250 g/mol. The van der Waals surface area contributed by atoms with E-state index in [1.54, 1.807) is 13.3 Å². The minimum Gasteiger partial charge on any atom is -0.497 e. The zero-order chi connectivity index (χ0) is 14.4. The van der Waals surface area contributed by atoms with Gasteiger partial charge in [-0.05, 0) is 42.7 Å². The van der Waals surface area contributed by atoms with Gasteiger partial charge in [-0.2, -0.15) is 0 Å². The molecule has 0 aliphatic heterocycles. The predicted octanol–water partition coefficient (Wildman–Crippen LogP) is 3.88. The fraction of sp³-hybridized carbons (Fsp3) is 0.235. The Kier molecular flexibility index (Phi) is 4.77. The first-order chi connectivity index (χ1) is 9.80. The normalized spacial score (nSPS) is 10.1. The molecule has 0 N–H and O–H groups in total. The maximum atomic E-state index is 5.61. The third-order valence-corrected chi connectivity index (χ3v) is 3.05. The van der Waals surface area contributed by atoms with Crippen LogP contribution < -0.4 is 9.47 Å². The summed E-state index contributed by atoms with van der Waals surface area (Å²) < 4.78 is 10.8. The molecule has 20 heavy (non-hydrogen) atoms. The molecule has 0 spiro atoms. The van der Waals surface area contributed by atoms with Gasteiger partial charge in [0.15, 0.2) is 0 Å². The van der Waals surface area contributed by atoms with Crippen LogP contribution in [0.15, 0.2) is 49.2 Å². The smallest absolute Gasteiger partial charge is 0.217 e. The van der Waals surface area contributed by atoms with E-state index in [2.05, 4.69) is 11.6 Å². The highest BCUT2D eigenvalue weighted by Crippen LogP contribution is 2.30. The molecule has 0 radical (unpaired) electrons. The molecule has 104 valence electrons. The molecule has 0 fully saturated rings. The van der Waals surface area contributed by atoms with Crippen molar-refractivity contribution in [3.63, 3.8) is 0 Å². The van der Waals surface area contributed by atoms with E-state index in [0.717, 1.165) is 28.9 Å². The van der Waals surface area contributed by atoms with Crippen LogP contribution in [0.5, 0.6) is 11.6 Å². The zero-order valence-corrected chi connectivity index (χ0v) is 11.9. The Balaban J connectivity index is 2.47. The van der Waals surface area contributed by atoms with Crippen molar-refractivity contribution >= 4 is 0 Å². The Hall–Kier alpha value is -2.29. The molecule has 1 aromatic heterocycles. The summed E-state index contributed by atoms with van der Waals surface area (Å²) in [7, 11) is 1.66. The zero-order valence-electron chi connectivity index (χ0n) is 11.9. The molecule has 0 amide bonds. The molecule has 0 bridgehead atoms. The van der Waals surface area contributed by atoms with Gasteiger partial charge < -0.3 is 9.47 Å². The number of hydrogen-bond acceptors (Lipinski definition) is 3. The van der Waals surface area contributed by atoms with Crippen molar-refractivity contribution in [2.24, 2.45) is 0 Å². The van der Waals surface area contributed by atoms with Gasteiger partial charge in [-0.1, -0.05) is 18.2 Å². The molecule has 0 saturated heterocycles. The quantitative estimate of drug-likeness (QED) is 0.746. The van der Waals surface area contributed by atoms with E-state index >= 15 is 0 Å². The fourth-order valence-corrected chi connectivity index (χ4v) is 2.12. The largest absolute Gasteiger partial charge is 0.497 e. The van der Waals surface area contributed by atoms with Crippen LogP contribution in [0.3, 0.4) is 0 Å². The van der Waals surface area contributed by atoms with Gasteiger partial charge in [0, 0.05) is 11.8 Å². The van der Waals surface area contributed by atoms with Crippen molar-refractivity contribution in [1.29, 1.82) is 0 Å². The lowest BCUT2D eigenvalue weighted by atomic mass is 9.99. The standard InChI is InChI=1S/C17H19NO2/c1-4-6-16-15(11-12-18-17(16)20-5-2)13-7-9-14(19-3)10-8-13/h4,7-12H,1,5-6H2,2-3H3. The number of methoxy groups -OCH3 is 1. The summed E-state index contributed by atoms with van der Waals surface area (Å²) in [4.78, 5) is 4.31. The van der Waals surface area contributed by atoms with Gasteiger partial charge in [0.2, 0.25) is 5.88 Å². The number of pyridine rings is 1. The summed E-state index contributed by atoms with van der Waals surface area (Å²) in [5, 5.41) is 0. The second-order valence-corrected chi connectivity index (χ2v) is 4.30. The average Bonchev–Trinajstić information content (AvgIpc) is 2.49. The van der Waals surface area contributed by atoms with Crippen molar-refractivity contribution in [2.45, 2.75) is 13.3 Å². The van der Waals surface area contributed by atoms with Crippen LogP contribution >= 0.6 is 0 Å². The summed E-state index contributed by atoms with van der Waals surface area (Å²) in [6.45, 7) is 6.37. The lowest BCUT2D eigenvalue weighted by molar-refractivity contribution is 0.324. The van der Waals surface area contributed by atoms with Gasteiger partial charge in [-0.3, -0.25) is 0 Å². The Morgan fingerprint density at radius 3 is 2.55 bits per heavy atom. The summed E-state index contributed by atoms with van der Waals surface area (Å²) in [5.41, 5.74) is 3.30. The Labute approximate surface area is 119 Å². The van der Waals surface area contributed by atoms with E-state index in [1.807, 2.05) is 43.3 Å². The van der Waals surface area contributed by atoms with Gasteiger partial charge in [-0.25, -0.2) is 4.98 Å². The molecule has 3 nitrogen and oxygen atoms in total. The van der Waals surface area contributed by atoms with Crippen molar-refractivity contribution in [1.82, 2.24) is 4.98 Å². The van der Waals surface area contributed by atoms with E-state index in [9.17, 15) is 0 Å². The highest BCUT2D eigenvalue weighted by atomic mass is 16.5. The molecule has 1 aromatic carbocycles. The predicted molar refractivity (Wildman–Crippen MR) is 81.3 cm³/mol.